The van der Waals surface area contributed by atoms with Crippen LogP contribution in [-0.2, 0) is 4.74 Å². The summed E-state index contributed by atoms with van der Waals surface area (Å²) in [5, 5.41) is 10.00. The number of hydrogen-bond acceptors (Lipinski definition) is 4. The van der Waals surface area contributed by atoms with Crippen molar-refractivity contribution in [3.05, 3.63) is 24.0 Å². The lowest BCUT2D eigenvalue weighted by Crippen LogP contribution is -2.11. The van der Waals surface area contributed by atoms with Crippen molar-refractivity contribution in [2.24, 2.45) is 0 Å². The maximum atomic E-state index is 10.00. The Balaban J connectivity index is 2.63. The second-order valence-electron chi connectivity index (χ2n) is 4.10. The summed E-state index contributed by atoms with van der Waals surface area (Å²) in [5.74, 6) is 0.702. The molecule has 2 atom stereocenters. The SMILES string of the molecule is CCCOc1cncc(C(O)CC(C)OC)c1. The third-order valence-corrected chi connectivity index (χ3v) is 2.55. The van der Waals surface area contributed by atoms with Crippen LogP contribution in [0.1, 0.15) is 38.4 Å². The number of aliphatic hydroxyl groups is 1. The Morgan fingerprint density at radius 2 is 2.18 bits per heavy atom. The molecular formula is C13H21NO3. The monoisotopic (exact) mass is 239 g/mol. The van der Waals surface area contributed by atoms with E-state index in [-0.39, 0.29) is 6.10 Å². The highest BCUT2D eigenvalue weighted by molar-refractivity contribution is 5.25. The van der Waals surface area contributed by atoms with Crippen LogP contribution < -0.4 is 4.74 Å². The second-order valence-corrected chi connectivity index (χ2v) is 4.10. The van der Waals surface area contributed by atoms with Gasteiger partial charge < -0.3 is 14.6 Å². The Morgan fingerprint density at radius 3 is 2.82 bits per heavy atom. The molecule has 0 aliphatic heterocycles. The molecule has 1 aromatic rings. The van der Waals surface area contributed by atoms with Crippen LogP contribution in [0.5, 0.6) is 5.75 Å². The summed E-state index contributed by atoms with van der Waals surface area (Å²) in [5.41, 5.74) is 0.766. The van der Waals surface area contributed by atoms with Gasteiger partial charge in [-0.3, -0.25) is 4.98 Å². The Labute approximate surface area is 103 Å². The second kappa shape index (κ2) is 7.25. The van der Waals surface area contributed by atoms with Crippen molar-refractivity contribution in [3.8, 4) is 5.75 Å². The van der Waals surface area contributed by atoms with Crippen LogP contribution in [-0.4, -0.2) is 29.9 Å². The van der Waals surface area contributed by atoms with Gasteiger partial charge in [0.2, 0.25) is 0 Å². The number of aromatic nitrogens is 1. The number of nitrogens with zero attached hydrogens (tertiary/aromatic N) is 1. The minimum absolute atomic E-state index is 0.0187. The molecule has 0 aromatic carbocycles. The first-order valence-corrected chi connectivity index (χ1v) is 5.96. The summed E-state index contributed by atoms with van der Waals surface area (Å²) in [6, 6.07) is 1.83. The third-order valence-electron chi connectivity index (χ3n) is 2.55. The first-order valence-electron chi connectivity index (χ1n) is 5.96. The summed E-state index contributed by atoms with van der Waals surface area (Å²) in [6.45, 7) is 4.64. The molecule has 0 amide bonds. The molecule has 0 bridgehead atoms. The highest BCUT2D eigenvalue weighted by atomic mass is 16.5. The number of pyridine rings is 1. The van der Waals surface area contributed by atoms with E-state index in [9.17, 15) is 5.11 Å². The lowest BCUT2D eigenvalue weighted by molar-refractivity contribution is 0.0557. The molecule has 1 heterocycles. The van der Waals surface area contributed by atoms with Gasteiger partial charge in [-0.05, 0) is 19.4 Å². The predicted octanol–water partition coefficient (Wildman–Crippen LogP) is 2.33. The van der Waals surface area contributed by atoms with Gasteiger partial charge >= 0.3 is 0 Å². The number of rotatable bonds is 7. The fourth-order valence-electron chi connectivity index (χ4n) is 1.46. The van der Waals surface area contributed by atoms with Crippen molar-refractivity contribution in [1.82, 2.24) is 4.98 Å². The van der Waals surface area contributed by atoms with Crippen LogP contribution in [0.15, 0.2) is 18.5 Å². The third kappa shape index (κ3) is 4.71. The molecule has 0 aliphatic rings. The van der Waals surface area contributed by atoms with E-state index in [4.69, 9.17) is 9.47 Å². The van der Waals surface area contributed by atoms with Crippen LogP contribution >= 0.6 is 0 Å². The number of hydrogen-bond donors (Lipinski definition) is 1. The van der Waals surface area contributed by atoms with Gasteiger partial charge in [0.05, 0.1) is 25.0 Å². The standard InChI is InChI=1S/C13H21NO3/c1-4-5-17-12-7-11(8-14-9-12)13(15)6-10(2)16-3/h7-10,13,15H,4-6H2,1-3H3. The molecule has 4 heteroatoms. The Hall–Kier alpha value is -1.13. The average Bonchev–Trinajstić information content (AvgIpc) is 2.36. The van der Waals surface area contributed by atoms with Crippen LogP contribution in [0, 0.1) is 0 Å². The topological polar surface area (TPSA) is 51.6 Å². The molecule has 4 nitrogen and oxygen atoms in total. The van der Waals surface area contributed by atoms with E-state index in [2.05, 4.69) is 4.98 Å². The van der Waals surface area contributed by atoms with Crippen molar-refractivity contribution >= 4 is 0 Å². The van der Waals surface area contributed by atoms with E-state index in [0.717, 1.165) is 12.0 Å². The summed E-state index contributed by atoms with van der Waals surface area (Å²) >= 11 is 0. The zero-order valence-corrected chi connectivity index (χ0v) is 10.7. The molecule has 0 spiro atoms. The van der Waals surface area contributed by atoms with Crippen molar-refractivity contribution in [1.29, 1.82) is 0 Å². The van der Waals surface area contributed by atoms with Crippen LogP contribution in [0.25, 0.3) is 0 Å². The van der Waals surface area contributed by atoms with Crippen molar-refractivity contribution in [3.63, 3.8) is 0 Å². The number of aliphatic hydroxyl groups excluding tert-OH is 1. The smallest absolute Gasteiger partial charge is 0.137 e. The van der Waals surface area contributed by atoms with Gasteiger partial charge in [0.15, 0.2) is 0 Å². The van der Waals surface area contributed by atoms with Gasteiger partial charge in [-0.25, -0.2) is 0 Å². The minimum Gasteiger partial charge on any atom is -0.492 e. The zero-order valence-electron chi connectivity index (χ0n) is 10.7. The van der Waals surface area contributed by atoms with Crippen molar-refractivity contribution in [2.45, 2.75) is 38.9 Å². The largest absolute Gasteiger partial charge is 0.492 e. The molecule has 0 saturated carbocycles. The molecule has 17 heavy (non-hydrogen) atoms. The maximum absolute atomic E-state index is 10.00. The van der Waals surface area contributed by atoms with E-state index in [1.807, 2.05) is 19.9 Å². The summed E-state index contributed by atoms with van der Waals surface area (Å²) < 4.78 is 10.6. The van der Waals surface area contributed by atoms with Gasteiger partial charge in [0.25, 0.3) is 0 Å². The average molecular weight is 239 g/mol. The van der Waals surface area contributed by atoms with E-state index in [0.29, 0.717) is 18.8 Å². The van der Waals surface area contributed by atoms with Crippen molar-refractivity contribution in [2.75, 3.05) is 13.7 Å². The summed E-state index contributed by atoms with van der Waals surface area (Å²) in [7, 11) is 1.64. The van der Waals surface area contributed by atoms with Gasteiger partial charge in [-0.1, -0.05) is 6.92 Å². The molecule has 0 aliphatic carbocycles. The van der Waals surface area contributed by atoms with Crippen LogP contribution in [0.4, 0.5) is 0 Å². The number of ether oxygens (including phenoxy) is 2. The molecule has 1 N–H and O–H groups in total. The zero-order chi connectivity index (χ0) is 12.7. The highest BCUT2D eigenvalue weighted by Gasteiger charge is 2.13. The maximum Gasteiger partial charge on any atom is 0.137 e. The molecule has 1 rings (SSSR count). The summed E-state index contributed by atoms with van der Waals surface area (Å²) in [6.07, 6.45) is 4.27. The van der Waals surface area contributed by atoms with E-state index in [1.54, 1.807) is 19.5 Å². The minimum atomic E-state index is -0.567. The highest BCUT2D eigenvalue weighted by Crippen LogP contribution is 2.22. The Morgan fingerprint density at radius 1 is 1.41 bits per heavy atom. The van der Waals surface area contributed by atoms with Gasteiger partial charge in [-0.2, -0.15) is 0 Å². The predicted molar refractivity (Wildman–Crippen MR) is 66.1 cm³/mol. The Kier molecular flexibility index (Phi) is 5.94. The molecule has 0 saturated heterocycles. The first kappa shape index (κ1) is 13.9. The van der Waals surface area contributed by atoms with Crippen LogP contribution in [0.3, 0.4) is 0 Å². The molecule has 0 radical (unpaired) electrons. The normalized spacial score (nSPS) is 14.4. The fraction of sp³-hybridized carbons (Fsp3) is 0.615. The molecule has 2 unspecified atom stereocenters. The van der Waals surface area contributed by atoms with Gasteiger partial charge in [0.1, 0.15) is 5.75 Å². The molecular weight excluding hydrogens is 218 g/mol. The van der Waals surface area contributed by atoms with E-state index < -0.39 is 6.10 Å². The van der Waals surface area contributed by atoms with E-state index in [1.165, 1.54) is 0 Å². The van der Waals surface area contributed by atoms with Crippen molar-refractivity contribution < 1.29 is 14.6 Å². The van der Waals surface area contributed by atoms with E-state index >= 15 is 0 Å². The van der Waals surface area contributed by atoms with Gasteiger partial charge in [-0.15, -0.1) is 0 Å². The summed E-state index contributed by atoms with van der Waals surface area (Å²) in [4.78, 5) is 4.07. The fourth-order valence-corrected chi connectivity index (χ4v) is 1.46. The first-order chi connectivity index (χ1) is 8.17. The molecule has 1 aromatic heterocycles. The molecule has 96 valence electrons. The quantitative estimate of drug-likeness (QED) is 0.793. The Bertz CT molecular complexity index is 330. The molecule has 0 fully saturated rings. The van der Waals surface area contributed by atoms with Crippen LogP contribution in [0.2, 0.25) is 0 Å². The number of methoxy groups -OCH3 is 1. The lowest BCUT2D eigenvalue weighted by Gasteiger charge is -2.15. The lowest BCUT2D eigenvalue weighted by atomic mass is 10.1. The van der Waals surface area contributed by atoms with Gasteiger partial charge in [0, 0.05) is 25.3 Å².